The molecule has 3 rings (SSSR count). The van der Waals surface area contributed by atoms with Crippen LogP contribution in [-0.2, 0) is 0 Å². The molecular weight excluding hydrogens is 292 g/mol. The van der Waals surface area contributed by atoms with Crippen LogP contribution in [0.4, 0.5) is 14.6 Å². The fourth-order valence-corrected chi connectivity index (χ4v) is 2.36. The first-order valence-corrected chi connectivity index (χ1v) is 6.17. The van der Waals surface area contributed by atoms with E-state index in [2.05, 4.69) is 4.98 Å². The van der Waals surface area contributed by atoms with Gasteiger partial charge in [0.05, 0.1) is 0 Å². The smallest absolute Gasteiger partial charge is 0.393 e. The third-order valence-electron chi connectivity index (χ3n) is 2.50. The minimum absolute atomic E-state index is 0.323. The summed E-state index contributed by atoms with van der Waals surface area (Å²) in [6.45, 7) is 0. The van der Waals surface area contributed by atoms with Crippen molar-refractivity contribution in [3.05, 3.63) is 51.5 Å². The molecule has 0 radical (unpaired) electrons. The lowest BCUT2D eigenvalue weighted by atomic mass is 10.3. The molecule has 0 amide bonds. The lowest BCUT2D eigenvalue weighted by Crippen LogP contribution is -1.97. The zero-order valence-corrected chi connectivity index (χ0v) is 10.4. The van der Waals surface area contributed by atoms with Gasteiger partial charge in [-0.1, -0.05) is 17.4 Å². The van der Waals surface area contributed by atoms with E-state index < -0.39 is 28.1 Å². The molecule has 0 unspecified atom stereocenters. The second-order valence-electron chi connectivity index (χ2n) is 3.71. The molecule has 0 saturated heterocycles. The molecule has 0 aliphatic carbocycles. The highest BCUT2D eigenvalue weighted by Gasteiger charge is 2.26. The highest BCUT2D eigenvalue weighted by molar-refractivity contribution is 7.15. The number of hydrogen-bond acceptors (Lipinski definition) is 5. The molecule has 20 heavy (non-hydrogen) atoms. The second-order valence-corrected chi connectivity index (χ2v) is 4.58. The molecule has 6 nitrogen and oxygen atoms in total. The number of benzene rings is 1. The van der Waals surface area contributed by atoms with Gasteiger partial charge in [-0.2, -0.15) is 13.8 Å². The molecule has 0 N–H and O–H groups in total. The molecule has 0 atom stereocenters. The fraction of sp³-hybridized carbons (Fsp3) is 0. The van der Waals surface area contributed by atoms with Crippen LogP contribution in [0.15, 0.2) is 29.8 Å². The number of aromatic nitrogens is 2. The van der Waals surface area contributed by atoms with Gasteiger partial charge in [-0.3, -0.25) is 0 Å². The second kappa shape index (κ2) is 4.53. The molecule has 0 fully saturated rings. The first-order chi connectivity index (χ1) is 9.58. The Morgan fingerprint density at radius 2 is 2.20 bits per heavy atom. The number of nitro groups is 1. The monoisotopic (exact) mass is 297 g/mol. The quantitative estimate of drug-likeness (QED) is 0.549. The van der Waals surface area contributed by atoms with E-state index in [0.717, 1.165) is 23.5 Å². The first kappa shape index (κ1) is 12.5. The highest BCUT2D eigenvalue weighted by atomic mass is 32.1. The third kappa shape index (κ3) is 1.88. The van der Waals surface area contributed by atoms with Crippen molar-refractivity contribution in [2.75, 3.05) is 0 Å². The van der Waals surface area contributed by atoms with Crippen LogP contribution in [0.3, 0.4) is 0 Å². The summed E-state index contributed by atoms with van der Waals surface area (Å²) >= 11 is 1.16. The predicted octanol–water partition coefficient (Wildman–Crippen LogP) is 3.37. The van der Waals surface area contributed by atoms with Crippen molar-refractivity contribution in [2.45, 2.75) is 0 Å². The average molecular weight is 297 g/mol. The molecule has 0 aliphatic rings. The standard InChI is InChI=1S/C11H5F2N3O3S/c12-6-2-1-3-7(8(6)13)19-9-10(16(17)18)15-4-5-20-11(15)14-9/h1-5H. The van der Waals surface area contributed by atoms with Crippen LogP contribution in [0.2, 0.25) is 0 Å². The fourth-order valence-electron chi connectivity index (χ4n) is 1.66. The minimum atomic E-state index is -1.22. The van der Waals surface area contributed by atoms with E-state index in [1.54, 1.807) is 5.38 Å². The zero-order valence-electron chi connectivity index (χ0n) is 9.62. The number of halogens is 2. The van der Waals surface area contributed by atoms with Crippen LogP contribution < -0.4 is 4.74 Å². The summed E-state index contributed by atoms with van der Waals surface area (Å²) < 4.78 is 32.8. The molecule has 0 spiro atoms. The van der Waals surface area contributed by atoms with E-state index in [0.29, 0.717) is 4.96 Å². The number of nitrogens with zero attached hydrogens (tertiary/aromatic N) is 3. The summed E-state index contributed by atoms with van der Waals surface area (Å²) in [6.07, 6.45) is 1.44. The van der Waals surface area contributed by atoms with Crippen LogP contribution in [0.5, 0.6) is 11.6 Å². The van der Waals surface area contributed by atoms with E-state index in [4.69, 9.17) is 4.74 Å². The Labute approximate surface area is 114 Å². The van der Waals surface area contributed by atoms with E-state index >= 15 is 0 Å². The number of imidazole rings is 1. The third-order valence-corrected chi connectivity index (χ3v) is 3.26. The molecule has 1 aromatic carbocycles. The molecule has 0 aliphatic heterocycles. The Hall–Kier alpha value is -2.55. The maximum Gasteiger partial charge on any atom is 0.393 e. The molecular formula is C11H5F2N3O3S. The van der Waals surface area contributed by atoms with Crippen LogP contribution in [-0.4, -0.2) is 14.3 Å². The lowest BCUT2D eigenvalue weighted by Gasteiger charge is -2.03. The van der Waals surface area contributed by atoms with Gasteiger partial charge in [0.15, 0.2) is 11.6 Å². The SMILES string of the molecule is O=[N+]([O-])c1c(Oc2cccc(F)c2F)nc2sccn12. The number of hydrogen-bond donors (Lipinski definition) is 0. The van der Waals surface area contributed by atoms with Crippen molar-refractivity contribution in [1.29, 1.82) is 0 Å². The number of ether oxygens (including phenoxy) is 1. The van der Waals surface area contributed by atoms with Crippen molar-refractivity contribution >= 4 is 22.1 Å². The molecule has 3 aromatic rings. The van der Waals surface area contributed by atoms with Crippen LogP contribution in [0, 0.1) is 21.7 Å². The summed E-state index contributed by atoms with van der Waals surface area (Å²) in [4.78, 5) is 14.6. The van der Waals surface area contributed by atoms with Crippen molar-refractivity contribution in [3.8, 4) is 11.6 Å². The van der Waals surface area contributed by atoms with Gasteiger partial charge < -0.3 is 14.9 Å². The van der Waals surface area contributed by atoms with Gasteiger partial charge >= 0.3 is 11.7 Å². The largest absolute Gasteiger partial charge is 0.429 e. The van der Waals surface area contributed by atoms with E-state index in [-0.39, 0.29) is 5.88 Å². The lowest BCUT2D eigenvalue weighted by molar-refractivity contribution is -0.391. The molecule has 0 bridgehead atoms. The minimum Gasteiger partial charge on any atom is -0.429 e. The van der Waals surface area contributed by atoms with Crippen LogP contribution >= 0.6 is 11.3 Å². The number of rotatable bonds is 3. The number of fused-ring (bicyclic) bond motifs is 1. The highest BCUT2D eigenvalue weighted by Crippen LogP contribution is 2.34. The maximum atomic E-state index is 13.5. The Kier molecular flexibility index (Phi) is 2.83. The van der Waals surface area contributed by atoms with Crippen molar-refractivity contribution in [2.24, 2.45) is 0 Å². The Morgan fingerprint density at radius 1 is 1.40 bits per heavy atom. The van der Waals surface area contributed by atoms with E-state index in [1.807, 2.05) is 0 Å². The molecule has 9 heteroatoms. The van der Waals surface area contributed by atoms with Gasteiger partial charge in [0.25, 0.3) is 4.96 Å². The maximum absolute atomic E-state index is 13.5. The van der Waals surface area contributed by atoms with Gasteiger partial charge in [-0.25, -0.2) is 4.39 Å². The van der Waals surface area contributed by atoms with Crippen LogP contribution in [0.25, 0.3) is 4.96 Å². The van der Waals surface area contributed by atoms with E-state index in [1.165, 1.54) is 16.7 Å². The average Bonchev–Trinajstić information content (AvgIpc) is 2.94. The number of thiazole rings is 1. The van der Waals surface area contributed by atoms with Crippen molar-refractivity contribution < 1.29 is 18.4 Å². The summed E-state index contributed by atoms with van der Waals surface area (Å²) in [5.74, 6) is -3.61. The normalized spacial score (nSPS) is 10.9. The van der Waals surface area contributed by atoms with Gasteiger partial charge in [0, 0.05) is 5.38 Å². The van der Waals surface area contributed by atoms with Gasteiger partial charge in [-0.15, -0.1) is 0 Å². The van der Waals surface area contributed by atoms with Crippen molar-refractivity contribution in [1.82, 2.24) is 9.38 Å². The summed E-state index contributed by atoms with van der Waals surface area (Å²) in [6, 6.07) is 3.32. The van der Waals surface area contributed by atoms with Gasteiger partial charge in [-0.05, 0) is 17.1 Å². The Morgan fingerprint density at radius 3 is 2.95 bits per heavy atom. The molecule has 2 heterocycles. The first-order valence-electron chi connectivity index (χ1n) is 5.29. The van der Waals surface area contributed by atoms with Crippen molar-refractivity contribution in [3.63, 3.8) is 0 Å². The summed E-state index contributed by atoms with van der Waals surface area (Å²) in [7, 11) is 0. The molecule has 102 valence electrons. The van der Waals surface area contributed by atoms with Gasteiger partial charge in [0.1, 0.15) is 6.20 Å². The van der Waals surface area contributed by atoms with E-state index in [9.17, 15) is 18.9 Å². The Bertz CT molecular complexity index is 814. The molecule has 0 saturated carbocycles. The van der Waals surface area contributed by atoms with Crippen LogP contribution in [0.1, 0.15) is 0 Å². The predicted molar refractivity (Wildman–Crippen MR) is 66.2 cm³/mol. The summed E-state index contributed by atoms with van der Waals surface area (Å²) in [5.41, 5.74) is 0. The zero-order chi connectivity index (χ0) is 14.3. The van der Waals surface area contributed by atoms with Gasteiger partial charge in [0.2, 0.25) is 5.82 Å². The topological polar surface area (TPSA) is 69.7 Å². The molecule has 2 aromatic heterocycles. The summed E-state index contributed by atoms with van der Waals surface area (Å²) in [5, 5.41) is 12.7. The Balaban J connectivity index is 2.10.